The van der Waals surface area contributed by atoms with E-state index in [9.17, 15) is 13.2 Å². The Morgan fingerprint density at radius 1 is 1.19 bits per heavy atom. The average molecular weight is 380 g/mol. The fraction of sp³-hybridized carbons (Fsp3) is 0.471. The van der Waals surface area contributed by atoms with Crippen LogP contribution in [0.1, 0.15) is 47.8 Å². The summed E-state index contributed by atoms with van der Waals surface area (Å²) in [5, 5.41) is 6.36. The van der Waals surface area contributed by atoms with Gasteiger partial charge in [0.05, 0.1) is 4.90 Å². The Balaban J connectivity index is 1.93. The van der Waals surface area contributed by atoms with Crippen LogP contribution in [-0.4, -0.2) is 31.0 Å². The molecule has 0 saturated carbocycles. The lowest BCUT2D eigenvalue weighted by Gasteiger charge is -2.13. The standard InChI is InChI=1S/C17H24N4O4S/c1-10-8-11(2)16(12(3)9-10)26(23,24)18-7-6-15(22)19-13(4)17-20-14(5)21-25-17/h8-9,13,18H,6-7H2,1-5H3,(H,19,22). The van der Waals surface area contributed by atoms with E-state index in [-0.39, 0.29) is 23.8 Å². The van der Waals surface area contributed by atoms with Crippen LogP contribution >= 0.6 is 0 Å². The molecule has 1 aromatic heterocycles. The number of amides is 1. The van der Waals surface area contributed by atoms with Crippen LogP contribution in [0.25, 0.3) is 0 Å². The van der Waals surface area contributed by atoms with E-state index in [4.69, 9.17) is 4.52 Å². The Labute approximate surface area is 153 Å². The molecule has 0 saturated heterocycles. The number of carbonyl (C=O) groups is 1. The molecule has 142 valence electrons. The number of aromatic nitrogens is 2. The summed E-state index contributed by atoms with van der Waals surface area (Å²) < 4.78 is 32.6. The topological polar surface area (TPSA) is 114 Å². The van der Waals surface area contributed by atoms with E-state index < -0.39 is 16.1 Å². The van der Waals surface area contributed by atoms with Gasteiger partial charge in [-0.15, -0.1) is 0 Å². The third-order valence-corrected chi connectivity index (χ3v) is 5.57. The fourth-order valence-corrected chi connectivity index (χ4v) is 4.31. The number of hydrogen-bond donors (Lipinski definition) is 2. The minimum Gasteiger partial charge on any atom is -0.345 e. The normalized spacial score (nSPS) is 12.8. The molecule has 0 spiro atoms. The summed E-state index contributed by atoms with van der Waals surface area (Å²) in [4.78, 5) is 16.3. The van der Waals surface area contributed by atoms with Crippen LogP contribution in [0, 0.1) is 27.7 Å². The quantitative estimate of drug-likeness (QED) is 0.758. The van der Waals surface area contributed by atoms with Crippen LogP contribution in [0.15, 0.2) is 21.6 Å². The molecule has 9 heteroatoms. The van der Waals surface area contributed by atoms with Crippen molar-refractivity contribution in [1.82, 2.24) is 20.2 Å². The van der Waals surface area contributed by atoms with E-state index in [1.807, 2.05) is 19.1 Å². The molecule has 26 heavy (non-hydrogen) atoms. The van der Waals surface area contributed by atoms with Crippen molar-refractivity contribution in [1.29, 1.82) is 0 Å². The summed E-state index contributed by atoms with van der Waals surface area (Å²) in [5.74, 6) is 0.480. The highest BCUT2D eigenvalue weighted by Crippen LogP contribution is 2.21. The van der Waals surface area contributed by atoms with Gasteiger partial charge in [-0.2, -0.15) is 4.98 Å². The minimum absolute atomic E-state index is 0.000641. The van der Waals surface area contributed by atoms with Crippen LogP contribution in [0.2, 0.25) is 0 Å². The van der Waals surface area contributed by atoms with E-state index in [2.05, 4.69) is 20.2 Å². The van der Waals surface area contributed by atoms with Gasteiger partial charge in [0.1, 0.15) is 6.04 Å². The second-order valence-corrected chi connectivity index (χ2v) is 8.05. The van der Waals surface area contributed by atoms with Gasteiger partial charge in [0.2, 0.25) is 21.8 Å². The third-order valence-electron chi connectivity index (χ3n) is 3.81. The zero-order valence-corrected chi connectivity index (χ0v) is 16.4. The van der Waals surface area contributed by atoms with Crippen molar-refractivity contribution in [2.75, 3.05) is 6.54 Å². The van der Waals surface area contributed by atoms with Gasteiger partial charge in [0, 0.05) is 13.0 Å². The first-order valence-corrected chi connectivity index (χ1v) is 9.75. The molecule has 1 amide bonds. The number of benzene rings is 1. The molecule has 2 rings (SSSR count). The van der Waals surface area contributed by atoms with Crippen LogP contribution < -0.4 is 10.0 Å². The molecule has 1 atom stereocenters. The van der Waals surface area contributed by atoms with Gasteiger partial charge in [-0.1, -0.05) is 22.9 Å². The van der Waals surface area contributed by atoms with E-state index >= 15 is 0 Å². The lowest BCUT2D eigenvalue weighted by atomic mass is 10.1. The predicted molar refractivity (Wildman–Crippen MR) is 96.1 cm³/mol. The fourth-order valence-electron chi connectivity index (χ4n) is 2.83. The average Bonchev–Trinajstić information content (AvgIpc) is 2.92. The van der Waals surface area contributed by atoms with Crippen LogP contribution in [0.5, 0.6) is 0 Å². The molecule has 0 aliphatic heterocycles. The largest absolute Gasteiger partial charge is 0.345 e. The van der Waals surface area contributed by atoms with Crippen molar-refractivity contribution >= 4 is 15.9 Å². The van der Waals surface area contributed by atoms with E-state index in [0.717, 1.165) is 5.56 Å². The summed E-state index contributed by atoms with van der Waals surface area (Å²) in [6.07, 6.45) is 0.000641. The Kier molecular flexibility index (Phi) is 6.14. The van der Waals surface area contributed by atoms with Crippen LogP contribution in [-0.2, 0) is 14.8 Å². The maximum absolute atomic E-state index is 12.5. The molecule has 0 bridgehead atoms. The Bertz CT molecular complexity index is 882. The molecule has 0 aliphatic carbocycles. The highest BCUT2D eigenvalue weighted by atomic mass is 32.2. The summed E-state index contributed by atoms with van der Waals surface area (Å²) in [6.45, 7) is 8.83. The first kappa shape index (κ1) is 20.1. The number of aryl methyl sites for hydroxylation is 4. The Hall–Kier alpha value is -2.26. The molecule has 2 aromatic rings. The van der Waals surface area contributed by atoms with Gasteiger partial charge in [0.15, 0.2) is 5.82 Å². The number of hydrogen-bond acceptors (Lipinski definition) is 6. The maximum Gasteiger partial charge on any atom is 0.248 e. The monoisotopic (exact) mass is 380 g/mol. The lowest BCUT2D eigenvalue weighted by Crippen LogP contribution is -2.32. The number of nitrogens with one attached hydrogen (secondary N) is 2. The van der Waals surface area contributed by atoms with Crippen molar-refractivity contribution in [3.8, 4) is 0 Å². The summed E-state index contributed by atoms with van der Waals surface area (Å²) in [6, 6.07) is 3.20. The lowest BCUT2D eigenvalue weighted by molar-refractivity contribution is -0.121. The van der Waals surface area contributed by atoms with E-state index in [1.165, 1.54) is 0 Å². The first-order valence-electron chi connectivity index (χ1n) is 8.27. The molecule has 1 aromatic carbocycles. The van der Waals surface area contributed by atoms with E-state index in [0.29, 0.717) is 22.8 Å². The second-order valence-electron chi connectivity index (χ2n) is 6.34. The molecule has 8 nitrogen and oxygen atoms in total. The molecular formula is C17H24N4O4S. The summed E-state index contributed by atoms with van der Waals surface area (Å²) in [7, 11) is -3.68. The predicted octanol–water partition coefficient (Wildman–Crippen LogP) is 1.85. The number of sulfonamides is 1. The molecule has 1 heterocycles. The zero-order valence-electron chi connectivity index (χ0n) is 15.6. The Morgan fingerprint density at radius 3 is 2.35 bits per heavy atom. The maximum atomic E-state index is 12.5. The SMILES string of the molecule is Cc1cc(C)c(S(=O)(=O)NCCC(=O)NC(C)c2nc(C)no2)c(C)c1. The highest BCUT2D eigenvalue weighted by Gasteiger charge is 2.20. The molecular weight excluding hydrogens is 356 g/mol. The molecule has 0 fully saturated rings. The molecule has 0 radical (unpaired) electrons. The highest BCUT2D eigenvalue weighted by molar-refractivity contribution is 7.89. The number of carbonyl (C=O) groups excluding carboxylic acids is 1. The minimum atomic E-state index is -3.68. The van der Waals surface area contributed by atoms with Gasteiger partial charge in [-0.05, 0) is 45.7 Å². The summed E-state index contributed by atoms with van der Waals surface area (Å²) in [5.41, 5.74) is 2.36. The van der Waals surface area contributed by atoms with Crippen molar-refractivity contribution in [2.45, 2.75) is 52.0 Å². The van der Waals surface area contributed by atoms with Gasteiger partial charge < -0.3 is 9.84 Å². The second kappa shape index (κ2) is 7.96. The zero-order chi connectivity index (χ0) is 19.5. The van der Waals surface area contributed by atoms with Crippen molar-refractivity contribution in [2.24, 2.45) is 0 Å². The van der Waals surface area contributed by atoms with Gasteiger partial charge in [-0.25, -0.2) is 13.1 Å². The van der Waals surface area contributed by atoms with Crippen molar-refractivity contribution in [3.63, 3.8) is 0 Å². The van der Waals surface area contributed by atoms with Crippen LogP contribution in [0.3, 0.4) is 0 Å². The Morgan fingerprint density at radius 2 is 1.81 bits per heavy atom. The third kappa shape index (κ3) is 4.89. The van der Waals surface area contributed by atoms with Crippen LogP contribution in [0.4, 0.5) is 0 Å². The number of rotatable bonds is 7. The van der Waals surface area contributed by atoms with Gasteiger partial charge in [0.25, 0.3) is 0 Å². The first-order chi connectivity index (χ1) is 12.1. The van der Waals surface area contributed by atoms with Gasteiger partial charge >= 0.3 is 0 Å². The van der Waals surface area contributed by atoms with Crippen molar-refractivity contribution in [3.05, 3.63) is 40.5 Å². The molecule has 0 aliphatic rings. The number of nitrogens with zero attached hydrogens (tertiary/aromatic N) is 2. The van der Waals surface area contributed by atoms with Gasteiger partial charge in [-0.3, -0.25) is 4.79 Å². The molecule has 2 N–H and O–H groups in total. The smallest absolute Gasteiger partial charge is 0.248 e. The van der Waals surface area contributed by atoms with E-state index in [1.54, 1.807) is 27.7 Å². The van der Waals surface area contributed by atoms with Crippen molar-refractivity contribution < 1.29 is 17.7 Å². The molecule has 1 unspecified atom stereocenters. The summed E-state index contributed by atoms with van der Waals surface area (Å²) >= 11 is 0.